The Kier molecular flexibility index (Phi) is 7.22. The Balaban J connectivity index is 1.45. The summed E-state index contributed by atoms with van der Waals surface area (Å²) in [6.07, 6.45) is -2.36. The molecule has 1 aliphatic rings. The summed E-state index contributed by atoms with van der Waals surface area (Å²) in [6, 6.07) is 17.7. The van der Waals surface area contributed by atoms with Gasteiger partial charge in [-0.3, -0.25) is 0 Å². The highest BCUT2D eigenvalue weighted by atomic mass is 16.8. The van der Waals surface area contributed by atoms with E-state index in [1.165, 1.54) is 0 Å². The second-order valence-electron chi connectivity index (χ2n) is 5.66. The molecule has 1 saturated heterocycles. The molecule has 0 bridgehead atoms. The SMILES string of the molecule is O=C(COc1ccccc1)O[C@@H]1OCCO[C@H]1OC(=O)COc1ccccc1. The minimum absolute atomic E-state index is 0.200. The van der Waals surface area contributed by atoms with Crippen molar-refractivity contribution in [2.45, 2.75) is 12.6 Å². The van der Waals surface area contributed by atoms with E-state index >= 15 is 0 Å². The summed E-state index contributed by atoms with van der Waals surface area (Å²) in [7, 11) is 0. The Morgan fingerprint density at radius 1 is 0.714 bits per heavy atom. The van der Waals surface area contributed by atoms with Gasteiger partial charge in [-0.25, -0.2) is 9.59 Å². The maximum absolute atomic E-state index is 12.0. The second-order valence-corrected chi connectivity index (χ2v) is 5.66. The largest absolute Gasteiger partial charge is 0.482 e. The summed E-state index contributed by atoms with van der Waals surface area (Å²) in [6.45, 7) is -0.235. The predicted octanol–water partition coefficient (Wildman–Crippen LogP) is 1.93. The van der Waals surface area contributed by atoms with E-state index in [2.05, 4.69) is 0 Å². The van der Waals surface area contributed by atoms with Gasteiger partial charge >= 0.3 is 11.9 Å². The van der Waals surface area contributed by atoms with Crippen molar-refractivity contribution in [3.8, 4) is 11.5 Å². The van der Waals surface area contributed by atoms with Gasteiger partial charge < -0.3 is 28.4 Å². The molecule has 2 aromatic rings. The first-order chi connectivity index (χ1) is 13.7. The zero-order valence-electron chi connectivity index (χ0n) is 15.0. The first kappa shape index (κ1) is 19.7. The Bertz CT molecular complexity index is 684. The highest BCUT2D eigenvalue weighted by molar-refractivity contribution is 5.72. The zero-order chi connectivity index (χ0) is 19.6. The first-order valence-corrected chi connectivity index (χ1v) is 8.68. The molecule has 0 N–H and O–H groups in total. The van der Waals surface area contributed by atoms with Crippen molar-refractivity contribution in [3.63, 3.8) is 0 Å². The average molecular weight is 388 g/mol. The van der Waals surface area contributed by atoms with Crippen LogP contribution in [0.25, 0.3) is 0 Å². The third kappa shape index (κ3) is 6.26. The molecular weight excluding hydrogens is 368 g/mol. The van der Waals surface area contributed by atoms with Crippen molar-refractivity contribution in [3.05, 3.63) is 60.7 Å². The number of esters is 2. The van der Waals surface area contributed by atoms with Crippen LogP contribution in [0.1, 0.15) is 0 Å². The monoisotopic (exact) mass is 388 g/mol. The quantitative estimate of drug-likeness (QED) is 0.634. The highest BCUT2D eigenvalue weighted by Gasteiger charge is 2.34. The number of carbonyl (C=O) groups is 2. The van der Waals surface area contributed by atoms with Crippen molar-refractivity contribution in [2.24, 2.45) is 0 Å². The normalized spacial score (nSPS) is 18.7. The van der Waals surface area contributed by atoms with Crippen molar-refractivity contribution >= 4 is 11.9 Å². The Hall–Kier alpha value is -3.10. The van der Waals surface area contributed by atoms with Crippen molar-refractivity contribution in [2.75, 3.05) is 26.4 Å². The number of hydrogen-bond donors (Lipinski definition) is 0. The summed E-state index contributed by atoms with van der Waals surface area (Å²) in [5, 5.41) is 0. The van der Waals surface area contributed by atoms with Gasteiger partial charge in [0.05, 0.1) is 13.2 Å². The molecule has 0 radical (unpaired) electrons. The summed E-state index contributed by atoms with van der Waals surface area (Å²) in [5.74, 6) is -0.301. The van der Waals surface area contributed by atoms with Gasteiger partial charge in [0, 0.05) is 0 Å². The van der Waals surface area contributed by atoms with Gasteiger partial charge in [0.1, 0.15) is 11.5 Å². The van der Waals surface area contributed by atoms with Crippen LogP contribution in [-0.2, 0) is 28.5 Å². The summed E-state index contributed by atoms with van der Waals surface area (Å²) < 4.78 is 31.6. The molecule has 1 fully saturated rings. The lowest BCUT2D eigenvalue weighted by atomic mass is 10.3. The van der Waals surface area contributed by atoms with Crippen molar-refractivity contribution < 1.29 is 38.0 Å². The molecule has 3 rings (SSSR count). The van der Waals surface area contributed by atoms with Crippen LogP contribution in [-0.4, -0.2) is 50.9 Å². The van der Waals surface area contributed by atoms with Crippen LogP contribution in [0, 0.1) is 0 Å². The van der Waals surface area contributed by atoms with Crippen LogP contribution in [0.5, 0.6) is 11.5 Å². The number of benzene rings is 2. The van der Waals surface area contributed by atoms with E-state index in [0.29, 0.717) is 11.5 Å². The molecule has 28 heavy (non-hydrogen) atoms. The number of para-hydroxylation sites is 2. The van der Waals surface area contributed by atoms with Gasteiger partial charge in [0.25, 0.3) is 12.6 Å². The molecule has 2 aromatic carbocycles. The van der Waals surface area contributed by atoms with Gasteiger partial charge in [-0.15, -0.1) is 0 Å². The van der Waals surface area contributed by atoms with E-state index in [9.17, 15) is 9.59 Å². The highest BCUT2D eigenvalue weighted by Crippen LogP contribution is 2.15. The molecule has 0 unspecified atom stereocenters. The molecule has 8 nitrogen and oxygen atoms in total. The molecule has 148 valence electrons. The van der Waals surface area contributed by atoms with Gasteiger partial charge in [-0.2, -0.15) is 0 Å². The van der Waals surface area contributed by atoms with Crippen LogP contribution in [0.15, 0.2) is 60.7 Å². The maximum atomic E-state index is 12.0. The number of rotatable bonds is 8. The molecule has 1 heterocycles. The Labute approximate surface area is 161 Å². The van der Waals surface area contributed by atoms with Gasteiger partial charge in [-0.1, -0.05) is 36.4 Å². The standard InChI is InChI=1S/C20H20O8/c21-17(13-25-15-7-3-1-4-8-15)27-19-20(24-12-11-23-19)28-18(22)14-26-16-9-5-2-6-10-16/h1-10,19-20H,11-14H2/t19-,20-/m0/s1. The smallest absolute Gasteiger partial charge is 0.346 e. The lowest BCUT2D eigenvalue weighted by Crippen LogP contribution is -2.45. The minimum Gasteiger partial charge on any atom is -0.482 e. The fourth-order valence-corrected chi connectivity index (χ4v) is 2.31. The lowest BCUT2D eigenvalue weighted by molar-refractivity contribution is -0.303. The van der Waals surface area contributed by atoms with E-state index in [1.54, 1.807) is 48.5 Å². The maximum Gasteiger partial charge on any atom is 0.346 e. The van der Waals surface area contributed by atoms with Crippen LogP contribution in [0.2, 0.25) is 0 Å². The molecule has 2 atom stereocenters. The van der Waals surface area contributed by atoms with E-state index in [4.69, 9.17) is 28.4 Å². The zero-order valence-corrected chi connectivity index (χ0v) is 15.0. The molecular formula is C20H20O8. The summed E-state index contributed by atoms with van der Waals surface area (Å²) in [5.41, 5.74) is 0. The van der Waals surface area contributed by atoms with E-state index in [-0.39, 0.29) is 26.4 Å². The molecule has 1 aliphatic heterocycles. The fourth-order valence-electron chi connectivity index (χ4n) is 2.31. The molecule has 0 saturated carbocycles. The molecule has 8 heteroatoms. The van der Waals surface area contributed by atoms with Crippen LogP contribution in [0.3, 0.4) is 0 Å². The third-order valence-electron chi connectivity index (χ3n) is 3.56. The third-order valence-corrected chi connectivity index (χ3v) is 3.56. The number of carbonyl (C=O) groups excluding carboxylic acids is 2. The van der Waals surface area contributed by atoms with Crippen LogP contribution < -0.4 is 9.47 Å². The van der Waals surface area contributed by atoms with Crippen LogP contribution >= 0.6 is 0 Å². The molecule has 0 spiro atoms. The van der Waals surface area contributed by atoms with E-state index < -0.39 is 24.5 Å². The molecule has 0 aliphatic carbocycles. The Morgan fingerprint density at radius 2 is 1.11 bits per heavy atom. The predicted molar refractivity (Wildman–Crippen MR) is 95.5 cm³/mol. The van der Waals surface area contributed by atoms with Gasteiger partial charge in [-0.05, 0) is 24.3 Å². The topological polar surface area (TPSA) is 89.5 Å². The van der Waals surface area contributed by atoms with Crippen molar-refractivity contribution in [1.29, 1.82) is 0 Å². The Morgan fingerprint density at radius 3 is 1.50 bits per heavy atom. The average Bonchev–Trinajstić information content (AvgIpc) is 2.74. The van der Waals surface area contributed by atoms with E-state index in [1.807, 2.05) is 12.1 Å². The summed E-state index contributed by atoms with van der Waals surface area (Å²) >= 11 is 0. The number of ether oxygens (including phenoxy) is 6. The minimum atomic E-state index is -1.18. The second kappa shape index (κ2) is 10.3. The van der Waals surface area contributed by atoms with Gasteiger partial charge in [0.2, 0.25) is 0 Å². The number of hydrogen-bond acceptors (Lipinski definition) is 8. The first-order valence-electron chi connectivity index (χ1n) is 8.68. The van der Waals surface area contributed by atoms with Crippen molar-refractivity contribution in [1.82, 2.24) is 0 Å². The van der Waals surface area contributed by atoms with Gasteiger partial charge in [0.15, 0.2) is 13.2 Å². The summed E-state index contributed by atoms with van der Waals surface area (Å²) in [4.78, 5) is 24.0. The fraction of sp³-hybridized carbons (Fsp3) is 0.300. The van der Waals surface area contributed by atoms with E-state index in [0.717, 1.165) is 0 Å². The molecule has 0 aromatic heterocycles. The molecule has 0 amide bonds. The van der Waals surface area contributed by atoms with Crippen LogP contribution in [0.4, 0.5) is 0 Å². The lowest BCUT2D eigenvalue weighted by Gasteiger charge is -2.30.